The molecule has 0 N–H and O–H groups in total. The Hall–Kier alpha value is -0.680. The van der Waals surface area contributed by atoms with E-state index in [2.05, 4.69) is 9.26 Å². The van der Waals surface area contributed by atoms with Crippen LogP contribution in [0.25, 0.3) is 0 Å². The van der Waals surface area contributed by atoms with Crippen molar-refractivity contribution in [2.24, 2.45) is 0 Å². The quantitative estimate of drug-likeness (QED) is 0.681. The smallest absolute Gasteiger partial charge is 0.416 e. The van der Waals surface area contributed by atoms with Gasteiger partial charge in [-0.25, -0.2) is 0 Å². The first-order valence-corrected chi connectivity index (χ1v) is 4.38. The summed E-state index contributed by atoms with van der Waals surface area (Å²) in [4.78, 5) is 10.4. The average molecular weight is 219 g/mol. The minimum Gasteiger partial charge on any atom is -0.416 e. The van der Waals surface area contributed by atoms with Crippen LogP contribution in [0.2, 0.25) is 0 Å². The zero-order valence-electron chi connectivity index (χ0n) is 6.63. The van der Waals surface area contributed by atoms with Crippen LogP contribution in [0.15, 0.2) is 0 Å². The molecule has 0 rings (SSSR count). The molecule has 0 bridgehead atoms. The van der Waals surface area contributed by atoms with Crippen molar-refractivity contribution in [2.75, 3.05) is 13.2 Å². The van der Waals surface area contributed by atoms with Gasteiger partial charge in [0, 0.05) is 0 Å². The third-order valence-corrected chi connectivity index (χ3v) is 1.67. The van der Waals surface area contributed by atoms with Crippen molar-refractivity contribution < 1.29 is 31.8 Å². The summed E-state index contributed by atoms with van der Waals surface area (Å²) >= 11 is 0. The van der Waals surface area contributed by atoms with Crippen molar-refractivity contribution in [3.63, 3.8) is 0 Å². The zero-order chi connectivity index (χ0) is 10.5. The van der Waals surface area contributed by atoms with E-state index in [9.17, 15) is 22.5 Å². The van der Waals surface area contributed by atoms with Gasteiger partial charge < -0.3 is 4.74 Å². The first-order chi connectivity index (χ1) is 5.87. The summed E-state index contributed by atoms with van der Waals surface area (Å²) in [5, 5.41) is 0. The van der Waals surface area contributed by atoms with Crippen molar-refractivity contribution in [3.05, 3.63) is 0 Å². The van der Waals surface area contributed by atoms with Crippen LogP contribution in [-0.4, -0.2) is 25.1 Å². The molecule has 0 heterocycles. The van der Waals surface area contributed by atoms with E-state index < -0.39 is 26.5 Å². The highest BCUT2D eigenvalue weighted by Crippen LogP contribution is 2.26. The number of rotatable bonds is 4. The summed E-state index contributed by atoms with van der Waals surface area (Å²) in [7, 11) is -2.81. The summed E-state index contributed by atoms with van der Waals surface area (Å²) in [5.41, 5.74) is -1.49. The number of carbonyl (C=O) groups is 1. The van der Waals surface area contributed by atoms with Crippen LogP contribution in [0.3, 0.4) is 0 Å². The normalized spacial score (nSPS) is 12.5. The van der Waals surface area contributed by atoms with E-state index in [1.807, 2.05) is 0 Å². The van der Waals surface area contributed by atoms with Crippen LogP contribution in [0.5, 0.6) is 0 Å². The highest BCUT2D eigenvalue weighted by atomic mass is 31.1. The molecule has 8 heteroatoms. The Labute approximate surface area is 72.9 Å². The molecule has 0 radical (unpaired) electrons. The average Bonchev–Trinajstić information content (AvgIpc) is 1.99. The molecule has 0 aliphatic heterocycles. The number of halogens is 3. The van der Waals surface area contributed by atoms with Gasteiger partial charge in [0.15, 0.2) is 6.61 Å². The fourth-order valence-electron chi connectivity index (χ4n) is 0.366. The minimum atomic E-state index is -4.61. The van der Waals surface area contributed by atoms with E-state index in [-0.39, 0.29) is 6.61 Å². The first-order valence-electron chi connectivity index (χ1n) is 3.20. The maximum absolute atomic E-state index is 11.5. The Kier molecular flexibility index (Phi) is 4.87. The molecule has 0 amide bonds. The molecule has 0 aliphatic carbocycles. The molecule has 0 aromatic heterocycles. The topological polar surface area (TPSA) is 52.6 Å². The van der Waals surface area contributed by atoms with Gasteiger partial charge in [-0.2, -0.15) is 18.0 Å². The molecule has 0 spiro atoms. The van der Waals surface area contributed by atoms with Gasteiger partial charge in [0.05, 0.1) is 0 Å². The molecule has 0 fully saturated rings. The fourth-order valence-corrected chi connectivity index (χ4v) is 0.876. The fraction of sp³-hybridized carbons (Fsp3) is 0.800. The third kappa shape index (κ3) is 6.48. The summed E-state index contributed by atoms with van der Waals surface area (Å²) in [5.74, 6) is 0. The zero-order valence-corrected chi connectivity index (χ0v) is 7.52. The van der Waals surface area contributed by atoms with Gasteiger partial charge in [-0.3, -0.25) is 0 Å². The van der Waals surface area contributed by atoms with Crippen LogP contribution in [0.4, 0.5) is 18.0 Å². The van der Waals surface area contributed by atoms with Gasteiger partial charge in [0.25, 0.3) is 0 Å². The predicted molar refractivity (Wildman–Crippen MR) is 36.6 cm³/mol. The van der Waals surface area contributed by atoms with Gasteiger partial charge in [-0.1, -0.05) is 0 Å². The van der Waals surface area contributed by atoms with Crippen molar-refractivity contribution in [3.8, 4) is 0 Å². The predicted octanol–water partition coefficient (Wildman–Crippen LogP) is 2.46. The Bertz CT molecular complexity index is 202. The molecule has 0 aliphatic rings. The largest absolute Gasteiger partial charge is 0.636 e. The van der Waals surface area contributed by atoms with Crippen molar-refractivity contribution in [2.45, 2.75) is 13.1 Å². The van der Waals surface area contributed by atoms with E-state index in [1.54, 1.807) is 0 Å². The maximum atomic E-state index is 11.5. The maximum Gasteiger partial charge on any atom is 0.636 e. The lowest BCUT2D eigenvalue weighted by atomic mass is 10.7. The van der Waals surface area contributed by atoms with E-state index in [0.717, 1.165) is 0 Å². The number of alkyl halides is 3. The highest BCUT2D eigenvalue weighted by molar-refractivity contribution is 7.58. The summed E-state index contributed by atoms with van der Waals surface area (Å²) in [6, 6.07) is 0. The van der Waals surface area contributed by atoms with Gasteiger partial charge >= 0.3 is 19.9 Å². The summed E-state index contributed by atoms with van der Waals surface area (Å²) in [6.45, 7) is -0.333. The van der Waals surface area contributed by atoms with Crippen LogP contribution in [0, 0.1) is 0 Å². The van der Waals surface area contributed by atoms with Gasteiger partial charge in [0.1, 0.15) is 6.61 Å². The molecule has 0 aromatic carbocycles. The monoisotopic (exact) mass is 219 g/mol. The Morgan fingerprint density at radius 2 is 2.00 bits per heavy atom. The Morgan fingerprint density at radius 3 is 2.38 bits per heavy atom. The number of ether oxygens (including phenoxy) is 1. The molecule has 0 aromatic rings. The molecule has 1 unspecified atom stereocenters. The van der Waals surface area contributed by atoms with Gasteiger partial charge in [0.2, 0.25) is 0 Å². The lowest BCUT2D eigenvalue weighted by Gasteiger charge is -2.02. The molecule has 76 valence electrons. The summed E-state index contributed by atoms with van der Waals surface area (Å²) < 4.78 is 52.8. The standard InChI is InChI=1S/C5H7F3O4P/c1-2-12-13(10)4(9)11-3-5(6,7)8/h2-3H2,1H3/q+1. The van der Waals surface area contributed by atoms with Crippen LogP contribution < -0.4 is 0 Å². The molecule has 0 saturated heterocycles. The lowest BCUT2D eigenvalue weighted by Crippen LogP contribution is -2.18. The van der Waals surface area contributed by atoms with Crippen molar-refractivity contribution in [1.29, 1.82) is 0 Å². The van der Waals surface area contributed by atoms with E-state index in [0.29, 0.717) is 0 Å². The SMILES string of the molecule is CCO[P+](=O)C(=O)OCC(F)(F)F. The Morgan fingerprint density at radius 1 is 1.46 bits per heavy atom. The number of hydrogen-bond donors (Lipinski definition) is 0. The van der Waals surface area contributed by atoms with Crippen molar-refractivity contribution >= 4 is 13.7 Å². The molecular weight excluding hydrogens is 212 g/mol. The highest BCUT2D eigenvalue weighted by Gasteiger charge is 2.38. The molecule has 4 nitrogen and oxygen atoms in total. The van der Waals surface area contributed by atoms with Crippen LogP contribution in [0.1, 0.15) is 6.92 Å². The number of carbonyl (C=O) groups excluding carboxylic acids is 1. The Balaban J connectivity index is 3.82. The molecule has 13 heavy (non-hydrogen) atoms. The molecular formula is C5H7F3O4P+. The first kappa shape index (κ1) is 12.3. The molecule has 1 atom stereocenters. The van der Waals surface area contributed by atoms with E-state index in [4.69, 9.17) is 0 Å². The second-order valence-electron chi connectivity index (χ2n) is 1.84. The minimum absolute atomic E-state index is 0.0314. The van der Waals surface area contributed by atoms with Gasteiger partial charge in [-0.15, -0.1) is 4.52 Å². The second-order valence-corrected chi connectivity index (χ2v) is 2.98. The summed E-state index contributed by atoms with van der Waals surface area (Å²) in [6.07, 6.45) is -4.61. The number of hydrogen-bond acceptors (Lipinski definition) is 4. The van der Waals surface area contributed by atoms with Crippen LogP contribution in [-0.2, 0) is 13.8 Å². The third-order valence-electron chi connectivity index (χ3n) is 0.755. The van der Waals surface area contributed by atoms with E-state index >= 15 is 0 Å². The van der Waals surface area contributed by atoms with Crippen LogP contribution >= 0.6 is 8.03 Å². The van der Waals surface area contributed by atoms with E-state index in [1.165, 1.54) is 6.92 Å². The lowest BCUT2D eigenvalue weighted by molar-refractivity contribution is -0.158. The van der Waals surface area contributed by atoms with Crippen molar-refractivity contribution in [1.82, 2.24) is 0 Å². The second kappa shape index (κ2) is 5.14. The molecule has 0 saturated carbocycles. The van der Waals surface area contributed by atoms with Gasteiger partial charge in [-0.05, 0) is 11.5 Å².